The van der Waals surface area contributed by atoms with Crippen LogP contribution in [0.5, 0.6) is 0 Å². The van der Waals surface area contributed by atoms with Gasteiger partial charge in [-0.2, -0.15) is 10.2 Å². The van der Waals surface area contributed by atoms with Gasteiger partial charge in [0.2, 0.25) is 0 Å². The molecule has 0 spiro atoms. The SMILES string of the molecule is C[C@@H]1[C@H](O)[C@@H](CO)O[C@H]1n1cc(C#N)c(N)nc1=O. The lowest BCUT2D eigenvalue weighted by atomic mass is 10.0. The molecule has 1 saturated heterocycles. The van der Waals surface area contributed by atoms with Crippen molar-refractivity contribution in [2.24, 2.45) is 5.92 Å². The lowest BCUT2D eigenvalue weighted by Crippen LogP contribution is -2.31. The number of hydrogen-bond donors (Lipinski definition) is 3. The fourth-order valence-corrected chi connectivity index (χ4v) is 2.11. The van der Waals surface area contributed by atoms with E-state index in [1.54, 1.807) is 6.92 Å². The molecule has 0 radical (unpaired) electrons. The average molecular weight is 266 g/mol. The molecule has 0 bridgehead atoms. The zero-order chi connectivity index (χ0) is 14.2. The molecular formula is C11H14N4O4. The summed E-state index contributed by atoms with van der Waals surface area (Å²) in [7, 11) is 0. The lowest BCUT2D eigenvalue weighted by Gasteiger charge is -2.18. The van der Waals surface area contributed by atoms with Crippen LogP contribution in [-0.2, 0) is 4.74 Å². The van der Waals surface area contributed by atoms with E-state index in [-0.39, 0.29) is 18.0 Å². The molecule has 4 N–H and O–H groups in total. The lowest BCUT2D eigenvalue weighted by molar-refractivity contribution is -0.0476. The summed E-state index contributed by atoms with van der Waals surface area (Å²) in [6, 6.07) is 1.82. The summed E-state index contributed by atoms with van der Waals surface area (Å²) < 4.78 is 6.52. The number of nitrogens with two attached hydrogens (primary N) is 1. The molecule has 1 aliphatic rings. The Labute approximate surface area is 108 Å². The summed E-state index contributed by atoms with van der Waals surface area (Å²) in [5.41, 5.74) is 4.82. The number of nitrogen functional groups attached to an aromatic ring is 1. The number of nitriles is 1. The van der Waals surface area contributed by atoms with E-state index < -0.39 is 30.0 Å². The monoisotopic (exact) mass is 266 g/mol. The Morgan fingerprint density at radius 3 is 2.89 bits per heavy atom. The molecule has 8 nitrogen and oxygen atoms in total. The molecule has 0 saturated carbocycles. The van der Waals surface area contributed by atoms with Gasteiger partial charge >= 0.3 is 5.69 Å². The highest BCUT2D eigenvalue weighted by molar-refractivity contribution is 5.45. The van der Waals surface area contributed by atoms with Crippen LogP contribution >= 0.6 is 0 Å². The van der Waals surface area contributed by atoms with E-state index in [1.165, 1.54) is 6.20 Å². The first-order chi connectivity index (χ1) is 8.99. The third-order valence-corrected chi connectivity index (χ3v) is 3.24. The van der Waals surface area contributed by atoms with Gasteiger partial charge in [0.1, 0.15) is 29.8 Å². The van der Waals surface area contributed by atoms with Crippen LogP contribution in [0.2, 0.25) is 0 Å². The van der Waals surface area contributed by atoms with Crippen LogP contribution in [0, 0.1) is 17.2 Å². The fourth-order valence-electron chi connectivity index (χ4n) is 2.11. The standard InChI is InChI=1S/C11H14N4O4/c1-5-8(17)7(4-16)19-10(5)15-3-6(2-12)9(13)14-11(15)18/h3,5,7-8,10,16-17H,4H2,1H3,(H2,13,14,18)/t5-,7-,8+,10-/m1/s1. The molecule has 0 aliphatic carbocycles. The maximum Gasteiger partial charge on any atom is 0.351 e. The molecule has 0 unspecified atom stereocenters. The third kappa shape index (κ3) is 2.19. The number of aliphatic hydroxyl groups is 2. The highest BCUT2D eigenvalue weighted by Gasteiger charge is 2.42. The second-order valence-electron chi connectivity index (χ2n) is 4.44. The first-order valence-corrected chi connectivity index (χ1v) is 5.72. The third-order valence-electron chi connectivity index (χ3n) is 3.24. The molecule has 1 fully saturated rings. The molecule has 102 valence electrons. The first kappa shape index (κ1) is 13.5. The number of aliphatic hydroxyl groups excluding tert-OH is 2. The van der Waals surface area contributed by atoms with Gasteiger partial charge in [0.25, 0.3) is 0 Å². The predicted octanol–water partition coefficient (Wildman–Crippen LogP) is -1.42. The van der Waals surface area contributed by atoms with Crippen LogP contribution in [0.1, 0.15) is 18.7 Å². The van der Waals surface area contributed by atoms with E-state index in [0.29, 0.717) is 0 Å². The Balaban J connectivity index is 2.44. The molecule has 2 rings (SSSR count). The minimum absolute atomic E-state index is 0.0531. The van der Waals surface area contributed by atoms with Crippen LogP contribution in [0.25, 0.3) is 0 Å². The molecule has 2 heterocycles. The quantitative estimate of drug-likeness (QED) is 0.598. The number of rotatable bonds is 2. The van der Waals surface area contributed by atoms with E-state index >= 15 is 0 Å². The molecule has 0 aromatic carbocycles. The van der Waals surface area contributed by atoms with Crippen molar-refractivity contribution in [1.82, 2.24) is 9.55 Å². The van der Waals surface area contributed by atoms with E-state index in [0.717, 1.165) is 4.57 Å². The van der Waals surface area contributed by atoms with Gasteiger partial charge in [-0.15, -0.1) is 0 Å². The van der Waals surface area contributed by atoms with Crippen molar-refractivity contribution < 1.29 is 14.9 Å². The Bertz CT molecular complexity index is 579. The summed E-state index contributed by atoms with van der Waals surface area (Å²) in [5.74, 6) is -0.569. The maximum absolute atomic E-state index is 11.8. The molecule has 19 heavy (non-hydrogen) atoms. The van der Waals surface area contributed by atoms with Crippen molar-refractivity contribution in [3.05, 3.63) is 22.2 Å². The van der Waals surface area contributed by atoms with Gasteiger partial charge < -0.3 is 20.7 Å². The Morgan fingerprint density at radius 1 is 1.68 bits per heavy atom. The molecule has 8 heteroatoms. The minimum Gasteiger partial charge on any atom is -0.394 e. The highest BCUT2D eigenvalue weighted by atomic mass is 16.5. The van der Waals surface area contributed by atoms with E-state index in [4.69, 9.17) is 20.8 Å². The second-order valence-corrected chi connectivity index (χ2v) is 4.44. The van der Waals surface area contributed by atoms with Gasteiger partial charge in [0, 0.05) is 12.1 Å². The zero-order valence-corrected chi connectivity index (χ0v) is 10.2. The van der Waals surface area contributed by atoms with Gasteiger partial charge in [0.05, 0.1) is 12.7 Å². The minimum atomic E-state index is -0.898. The van der Waals surface area contributed by atoms with Gasteiger partial charge in [-0.3, -0.25) is 4.57 Å². The number of nitrogens with zero attached hydrogens (tertiary/aromatic N) is 3. The van der Waals surface area contributed by atoms with Gasteiger partial charge in [-0.05, 0) is 0 Å². The van der Waals surface area contributed by atoms with E-state index in [2.05, 4.69) is 4.98 Å². The summed E-state index contributed by atoms with van der Waals surface area (Å²) >= 11 is 0. The topological polar surface area (TPSA) is 134 Å². The van der Waals surface area contributed by atoms with Crippen LogP contribution in [0.3, 0.4) is 0 Å². The Hall–Kier alpha value is -1.95. The number of aromatic nitrogens is 2. The smallest absolute Gasteiger partial charge is 0.351 e. The molecular weight excluding hydrogens is 252 g/mol. The predicted molar refractivity (Wildman–Crippen MR) is 63.8 cm³/mol. The number of ether oxygens (including phenoxy) is 1. The second kappa shape index (κ2) is 4.97. The fraction of sp³-hybridized carbons (Fsp3) is 0.545. The number of hydrogen-bond acceptors (Lipinski definition) is 7. The van der Waals surface area contributed by atoms with E-state index in [9.17, 15) is 9.90 Å². The molecule has 1 aromatic heterocycles. The Kier molecular flexibility index (Phi) is 3.53. The molecule has 4 atom stereocenters. The first-order valence-electron chi connectivity index (χ1n) is 5.72. The molecule has 1 aliphatic heterocycles. The maximum atomic E-state index is 11.8. The van der Waals surface area contributed by atoms with Crippen molar-refractivity contribution in [3.8, 4) is 6.07 Å². The number of anilines is 1. The van der Waals surface area contributed by atoms with Crippen LogP contribution in [0.15, 0.2) is 11.0 Å². The van der Waals surface area contributed by atoms with Crippen LogP contribution < -0.4 is 11.4 Å². The summed E-state index contributed by atoms with van der Waals surface area (Å²) in [4.78, 5) is 15.3. The molecule has 1 aromatic rings. The van der Waals surface area contributed by atoms with Crippen molar-refractivity contribution in [2.75, 3.05) is 12.3 Å². The van der Waals surface area contributed by atoms with Crippen molar-refractivity contribution >= 4 is 5.82 Å². The van der Waals surface area contributed by atoms with Crippen molar-refractivity contribution in [3.63, 3.8) is 0 Å². The van der Waals surface area contributed by atoms with E-state index in [1.807, 2.05) is 6.07 Å². The zero-order valence-electron chi connectivity index (χ0n) is 10.2. The largest absolute Gasteiger partial charge is 0.394 e. The Morgan fingerprint density at radius 2 is 2.37 bits per heavy atom. The van der Waals surface area contributed by atoms with Gasteiger partial charge in [-0.1, -0.05) is 6.92 Å². The highest BCUT2D eigenvalue weighted by Crippen LogP contribution is 2.33. The van der Waals surface area contributed by atoms with Gasteiger partial charge in [0.15, 0.2) is 0 Å². The van der Waals surface area contributed by atoms with Gasteiger partial charge in [-0.25, -0.2) is 4.79 Å². The van der Waals surface area contributed by atoms with Crippen molar-refractivity contribution in [2.45, 2.75) is 25.4 Å². The van der Waals surface area contributed by atoms with Crippen LogP contribution in [-0.4, -0.2) is 38.6 Å². The normalized spacial score (nSPS) is 30.2. The van der Waals surface area contributed by atoms with Crippen LogP contribution in [0.4, 0.5) is 5.82 Å². The van der Waals surface area contributed by atoms with Crippen molar-refractivity contribution in [1.29, 1.82) is 5.26 Å². The molecule has 0 amide bonds. The summed E-state index contributed by atoms with van der Waals surface area (Å²) in [6.45, 7) is 1.32. The average Bonchev–Trinajstić information content (AvgIpc) is 2.67. The summed E-state index contributed by atoms with van der Waals surface area (Å²) in [5, 5.41) is 27.8. The summed E-state index contributed by atoms with van der Waals surface area (Å²) in [6.07, 6.45) is -1.21.